The van der Waals surface area contributed by atoms with Crippen molar-refractivity contribution in [2.75, 3.05) is 18.0 Å². The lowest BCUT2D eigenvalue weighted by Crippen LogP contribution is -2.28. The lowest BCUT2D eigenvalue weighted by atomic mass is 10.1. The molecule has 4 rings (SSSR count). The maximum atomic E-state index is 12.6. The molecule has 136 valence electrons. The van der Waals surface area contributed by atoms with Gasteiger partial charge in [0.2, 0.25) is 0 Å². The van der Waals surface area contributed by atoms with E-state index in [9.17, 15) is 9.59 Å². The summed E-state index contributed by atoms with van der Waals surface area (Å²) in [6.45, 7) is 1.47. The highest BCUT2D eigenvalue weighted by Crippen LogP contribution is 2.18. The minimum atomic E-state index is -0.232. The first-order valence-corrected chi connectivity index (χ1v) is 8.45. The van der Waals surface area contributed by atoms with E-state index in [0.717, 1.165) is 5.56 Å². The summed E-state index contributed by atoms with van der Waals surface area (Å²) in [5.41, 5.74) is 1.99. The van der Waals surface area contributed by atoms with Gasteiger partial charge in [-0.3, -0.25) is 9.69 Å². The summed E-state index contributed by atoms with van der Waals surface area (Å²) in [7, 11) is 0. The Morgan fingerprint density at radius 2 is 2.19 bits per heavy atom. The van der Waals surface area contributed by atoms with Gasteiger partial charge in [0, 0.05) is 42.6 Å². The first-order chi connectivity index (χ1) is 13.2. The number of nitrogens with one attached hydrogen (secondary N) is 2. The molecule has 0 unspecified atom stereocenters. The molecule has 9 heteroatoms. The Kier molecular flexibility index (Phi) is 4.48. The third kappa shape index (κ3) is 3.47. The lowest BCUT2D eigenvalue weighted by molar-refractivity contribution is 0.0951. The molecular formula is C18H17N7O2. The Morgan fingerprint density at radius 1 is 1.26 bits per heavy atom. The molecule has 9 nitrogen and oxygen atoms in total. The van der Waals surface area contributed by atoms with Crippen molar-refractivity contribution in [3.05, 3.63) is 66.4 Å². The molecular weight excluding hydrogens is 346 g/mol. The molecule has 1 aliphatic rings. The van der Waals surface area contributed by atoms with Crippen molar-refractivity contribution in [1.29, 1.82) is 0 Å². The van der Waals surface area contributed by atoms with E-state index in [1.165, 1.54) is 6.33 Å². The number of anilines is 1. The van der Waals surface area contributed by atoms with Crippen molar-refractivity contribution in [3.63, 3.8) is 0 Å². The van der Waals surface area contributed by atoms with Crippen LogP contribution in [-0.2, 0) is 6.54 Å². The van der Waals surface area contributed by atoms with Crippen molar-refractivity contribution >= 4 is 17.6 Å². The van der Waals surface area contributed by atoms with E-state index in [1.807, 2.05) is 12.1 Å². The summed E-state index contributed by atoms with van der Waals surface area (Å²) < 4.78 is 1.55. The number of hydrogen-bond donors (Lipinski definition) is 2. The Hall–Kier alpha value is -3.75. The van der Waals surface area contributed by atoms with Gasteiger partial charge in [-0.1, -0.05) is 12.1 Å². The fraction of sp³-hybridized carbons (Fsp3) is 0.167. The number of carbonyl (C=O) groups excluding carboxylic acids is 2. The van der Waals surface area contributed by atoms with Gasteiger partial charge in [-0.25, -0.2) is 19.4 Å². The Morgan fingerprint density at radius 3 is 2.96 bits per heavy atom. The van der Waals surface area contributed by atoms with Crippen molar-refractivity contribution in [2.45, 2.75) is 6.54 Å². The van der Waals surface area contributed by atoms with E-state index >= 15 is 0 Å². The fourth-order valence-corrected chi connectivity index (χ4v) is 2.90. The van der Waals surface area contributed by atoms with Crippen molar-refractivity contribution < 1.29 is 9.59 Å². The summed E-state index contributed by atoms with van der Waals surface area (Å²) in [5.74, 6) is 0.377. The van der Waals surface area contributed by atoms with Gasteiger partial charge in [0.25, 0.3) is 5.91 Å². The summed E-state index contributed by atoms with van der Waals surface area (Å²) in [6.07, 6.45) is 4.64. The second-order valence-corrected chi connectivity index (χ2v) is 5.94. The zero-order valence-electron chi connectivity index (χ0n) is 14.4. The van der Waals surface area contributed by atoms with Gasteiger partial charge in [0.05, 0.1) is 0 Å². The second kappa shape index (κ2) is 7.24. The molecule has 2 aromatic heterocycles. The number of urea groups is 1. The highest BCUT2D eigenvalue weighted by Gasteiger charge is 2.21. The van der Waals surface area contributed by atoms with Gasteiger partial charge in [0.15, 0.2) is 5.82 Å². The first-order valence-electron chi connectivity index (χ1n) is 8.45. The van der Waals surface area contributed by atoms with Crippen LogP contribution >= 0.6 is 0 Å². The molecule has 0 atom stereocenters. The predicted molar refractivity (Wildman–Crippen MR) is 97.5 cm³/mol. The predicted octanol–water partition coefficient (Wildman–Crippen LogP) is 1.12. The van der Waals surface area contributed by atoms with Crippen LogP contribution < -0.4 is 15.5 Å². The molecule has 1 saturated heterocycles. The van der Waals surface area contributed by atoms with E-state index in [4.69, 9.17) is 0 Å². The molecule has 0 radical (unpaired) electrons. The summed E-state index contributed by atoms with van der Waals surface area (Å²) >= 11 is 0. The molecule has 3 aromatic rings. The Bertz CT molecular complexity index is 971. The van der Waals surface area contributed by atoms with Crippen LogP contribution in [0.3, 0.4) is 0 Å². The van der Waals surface area contributed by atoms with Gasteiger partial charge in [-0.05, 0) is 24.3 Å². The number of amides is 3. The minimum Gasteiger partial charge on any atom is -0.348 e. The average molecular weight is 363 g/mol. The van der Waals surface area contributed by atoms with Crippen LogP contribution in [0.25, 0.3) is 5.82 Å². The molecule has 1 aromatic carbocycles. The van der Waals surface area contributed by atoms with Crippen LogP contribution in [0.15, 0.2) is 55.2 Å². The number of benzene rings is 1. The van der Waals surface area contributed by atoms with E-state index in [2.05, 4.69) is 25.7 Å². The van der Waals surface area contributed by atoms with Crippen molar-refractivity contribution in [3.8, 4) is 5.82 Å². The van der Waals surface area contributed by atoms with E-state index in [-0.39, 0.29) is 18.5 Å². The molecule has 0 spiro atoms. The molecule has 2 N–H and O–H groups in total. The van der Waals surface area contributed by atoms with E-state index in [0.29, 0.717) is 30.2 Å². The number of aromatic nitrogens is 4. The number of rotatable bonds is 5. The van der Waals surface area contributed by atoms with Gasteiger partial charge < -0.3 is 10.6 Å². The maximum Gasteiger partial charge on any atom is 0.321 e. The van der Waals surface area contributed by atoms with Crippen LogP contribution in [0.1, 0.15) is 15.9 Å². The topological polar surface area (TPSA) is 105 Å². The molecule has 3 amide bonds. The Balaban J connectivity index is 1.49. The van der Waals surface area contributed by atoms with Gasteiger partial charge >= 0.3 is 6.03 Å². The summed E-state index contributed by atoms with van der Waals surface area (Å²) in [4.78, 5) is 34.2. The quantitative estimate of drug-likeness (QED) is 0.707. The lowest BCUT2D eigenvalue weighted by Gasteiger charge is -2.15. The largest absolute Gasteiger partial charge is 0.348 e. The smallest absolute Gasteiger partial charge is 0.321 e. The monoisotopic (exact) mass is 363 g/mol. The highest BCUT2D eigenvalue weighted by molar-refractivity contribution is 5.98. The highest BCUT2D eigenvalue weighted by atomic mass is 16.2. The van der Waals surface area contributed by atoms with Crippen molar-refractivity contribution in [1.82, 2.24) is 30.4 Å². The minimum absolute atomic E-state index is 0.152. The average Bonchev–Trinajstić information content (AvgIpc) is 3.38. The van der Waals surface area contributed by atoms with Crippen LogP contribution in [0.5, 0.6) is 0 Å². The first kappa shape index (κ1) is 16.7. The fourth-order valence-electron chi connectivity index (χ4n) is 2.90. The van der Waals surface area contributed by atoms with Crippen LogP contribution in [0.4, 0.5) is 10.5 Å². The van der Waals surface area contributed by atoms with Gasteiger partial charge in [-0.2, -0.15) is 5.10 Å². The number of pyridine rings is 1. The maximum absolute atomic E-state index is 12.6. The standard InChI is InChI=1S/C18H17N7O2/c26-17(13-3-1-5-15(9-13)24-8-7-21-18(24)27)22-10-14-4-2-6-20-16(14)25-12-19-11-23-25/h1-6,9,11-12H,7-8,10H2,(H,21,27)(H,22,26). The van der Waals surface area contributed by atoms with Gasteiger partial charge in [-0.15, -0.1) is 0 Å². The molecule has 0 bridgehead atoms. The van der Waals surface area contributed by atoms with Crippen LogP contribution in [0, 0.1) is 0 Å². The number of hydrogen-bond acceptors (Lipinski definition) is 5. The summed E-state index contributed by atoms with van der Waals surface area (Å²) in [5, 5.41) is 9.72. The Labute approximate surface area is 155 Å². The van der Waals surface area contributed by atoms with E-state index < -0.39 is 0 Å². The van der Waals surface area contributed by atoms with Crippen molar-refractivity contribution in [2.24, 2.45) is 0 Å². The zero-order chi connectivity index (χ0) is 18.6. The van der Waals surface area contributed by atoms with Crippen LogP contribution in [0.2, 0.25) is 0 Å². The molecule has 0 aliphatic carbocycles. The normalized spacial score (nSPS) is 13.5. The SMILES string of the molecule is O=C(NCc1cccnc1-n1cncn1)c1cccc(N2CCNC2=O)c1. The molecule has 27 heavy (non-hydrogen) atoms. The zero-order valence-corrected chi connectivity index (χ0v) is 14.4. The second-order valence-electron chi connectivity index (χ2n) is 5.94. The molecule has 1 fully saturated rings. The van der Waals surface area contributed by atoms with Crippen LogP contribution in [-0.4, -0.2) is 44.8 Å². The number of carbonyl (C=O) groups is 2. The third-order valence-electron chi connectivity index (χ3n) is 4.22. The molecule has 0 saturated carbocycles. The van der Waals surface area contributed by atoms with E-state index in [1.54, 1.807) is 46.4 Å². The number of nitrogens with zero attached hydrogens (tertiary/aromatic N) is 5. The molecule has 1 aliphatic heterocycles. The van der Waals surface area contributed by atoms with Gasteiger partial charge in [0.1, 0.15) is 12.7 Å². The third-order valence-corrected chi connectivity index (χ3v) is 4.22. The molecule has 3 heterocycles. The summed E-state index contributed by atoms with van der Waals surface area (Å²) in [6, 6.07) is 10.5.